The molecule has 2 heterocycles. The lowest BCUT2D eigenvalue weighted by atomic mass is 10.2. The van der Waals surface area contributed by atoms with Gasteiger partial charge in [-0.25, -0.2) is 4.39 Å². The fourth-order valence-electron chi connectivity index (χ4n) is 2.74. The standard InChI is InChI=1S/C19H14ClFN4OS/c1-12-15(20)3-2-4-16(12)24-9-10-25-17(18(24)26)22-23-19(25)27-11-13-5-7-14(21)8-6-13/h2-10H,11H2,1H3. The molecule has 0 aliphatic heterocycles. The number of fused-ring (bicyclic) bond motifs is 1. The first-order valence-corrected chi connectivity index (χ1v) is 9.50. The summed E-state index contributed by atoms with van der Waals surface area (Å²) in [6.07, 6.45) is 3.43. The zero-order valence-corrected chi connectivity index (χ0v) is 15.8. The lowest BCUT2D eigenvalue weighted by Crippen LogP contribution is -2.21. The number of hydrogen-bond donors (Lipinski definition) is 0. The van der Waals surface area contributed by atoms with Crippen molar-refractivity contribution in [2.24, 2.45) is 0 Å². The van der Waals surface area contributed by atoms with Crippen molar-refractivity contribution in [2.45, 2.75) is 17.8 Å². The van der Waals surface area contributed by atoms with Crippen molar-refractivity contribution in [1.82, 2.24) is 19.2 Å². The summed E-state index contributed by atoms with van der Waals surface area (Å²) in [5.74, 6) is 0.325. The van der Waals surface area contributed by atoms with Gasteiger partial charge in [0.25, 0.3) is 0 Å². The van der Waals surface area contributed by atoms with Gasteiger partial charge in [0.05, 0.1) is 5.69 Å². The highest BCUT2D eigenvalue weighted by molar-refractivity contribution is 7.98. The van der Waals surface area contributed by atoms with E-state index in [0.717, 1.165) is 11.1 Å². The van der Waals surface area contributed by atoms with Crippen molar-refractivity contribution in [1.29, 1.82) is 0 Å². The fourth-order valence-corrected chi connectivity index (χ4v) is 3.78. The van der Waals surface area contributed by atoms with Gasteiger partial charge in [-0.2, -0.15) is 0 Å². The lowest BCUT2D eigenvalue weighted by molar-refractivity contribution is 0.627. The van der Waals surface area contributed by atoms with Gasteiger partial charge in [-0.15, -0.1) is 10.2 Å². The second-order valence-electron chi connectivity index (χ2n) is 5.95. The Hall–Kier alpha value is -2.64. The minimum Gasteiger partial charge on any atom is -0.279 e. The third kappa shape index (κ3) is 3.36. The minimum atomic E-state index is -0.274. The van der Waals surface area contributed by atoms with Gasteiger partial charge in [-0.1, -0.05) is 41.6 Å². The Balaban J connectivity index is 1.68. The van der Waals surface area contributed by atoms with Gasteiger partial charge in [0.15, 0.2) is 5.16 Å². The number of nitrogens with zero attached hydrogens (tertiary/aromatic N) is 4. The number of benzene rings is 2. The molecule has 136 valence electrons. The summed E-state index contributed by atoms with van der Waals surface area (Å²) in [6.45, 7) is 1.86. The molecular weight excluding hydrogens is 387 g/mol. The molecule has 0 spiro atoms. The number of thioether (sulfide) groups is 1. The van der Waals surface area contributed by atoms with Crippen LogP contribution in [0.5, 0.6) is 0 Å². The predicted octanol–water partition coefficient (Wildman–Crippen LogP) is 4.27. The zero-order valence-electron chi connectivity index (χ0n) is 14.3. The Labute approximate surface area is 163 Å². The summed E-state index contributed by atoms with van der Waals surface area (Å²) >= 11 is 7.60. The average molecular weight is 401 g/mol. The van der Waals surface area contributed by atoms with Crippen LogP contribution in [0.15, 0.2) is 64.8 Å². The van der Waals surface area contributed by atoms with Crippen molar-refractivity contribution in [3.8, 4) is 5.69 Å². The molecule has 27 heavy (non-hydrogen) atoms. The first-order valence-electron chi connectivity index (χ1n) is 8.14. The van der Waals surface area contributed by atoms with Crippen LogP contribution in [0.25, 0.3) is 11.3 Å². The zero-order chi connectivity index (χ0) is 19.0. The van der Waals surface area contributed by atoms with E-state index >= 15 is 0 Å². The smallest absolute Gasteiger partial charge is 0.279 e. The first-order chi connectivity index (χ1) is 13.0. The van der Waals surface area contributed by atoms with E-state index in [1.165, 1.54) is 28.5 Å². The van der Waals surface area contributed by atoms with Crippen molar-refractivity contribution >= 4 is 29.0 Å². The molecule has 2 aromatic carbocycles. The van der Waals surface area contributed by atoms with Gasteiger partial charge in [-0.3, -0.25) is 13.8 Å². The van der Waals surface area contributed by atoms with Gasteiger partial charge in [0.1, 0.15) is 5.82 Å². The summed E-state index contributed by atoms with van der Waals surface area (Å²) in [5, 5.41) is 9.37. The largest absolute Gasteiger partial charge is 0.300 e. The molecule has 0 saturated heterocycles. The molecule has 0 saturated carbocycles. The van der Waals surface area contributed by atoms with Crippen LogP contribution >= 0.6 is 23.4 Å². The molecule has 4 rings (SSSR count). The van der Waals surface area contributed by atoms with E-state index in [1.807, 2.05) is 13.0 Å². The molecule has 0 fully saturated rings. The van der Waals surface area contributed by atoms with Crippen molar-refractivity contribution in [3.05, 3.63) is 87.2 Å². The molecule has 8 heteroatoms. The van der Waals surface area contributed by atoms with Crippen molar-refractivity contribution < 1.29 is 4.39 Å². The molecule has 2 aromatic heterocycles. The highest BCUT2D eigenvalue weighted by Crippen LogP contribution is 2.23. The van der Waals surface area contributed by atoms with E-state index in [2.05, 4.69) is 10.2 Å². The summed E-state index contributed by atoms with van der Waals surface area (Å²) in [4.78, 5) is 12.9. The van der Waals surface area contributed by atoms with Crippen LogP contribution in [-0.4, -0.2) is 19.2 Å². The number of aromatic nitrogens is 4. The molecule has 0 aliphatic rings. The van der Waals surface area contributed by atoms with Crippen LogP contribution < -0.4 is 5.56 Å². The van der Waals surface area contributed by atoms with Crippen LogP contribution in [0.2, 0.25) is 5.02 Å². The van der Waals surface area contributed by atoms with E-state index < -0.39 is 0 Å². The van der Waals surface area contributed by atoms with Crippen LogP contribution in [0.4, 0.5) is 4.39 Å². The summed E-state index contributed by atoms with van der Waals surface area (Å²) in [6, 6.07) is 11.7. The highest BCUT2D eigenvalue weighted by Gasteiger charge is 2.13. The van der Waals surface area contributed by atoms with Crippen molar-refractivity contribution in [2.75, 3.05) is 0 Å². The molecule has 0 unspecified atom stereocenters. The van der Waals surface area contributed by atoms with Crippen molar-refractivity contribution in [3.63, 3.8) is 0 Å². The van der Waals surface area contributed by atoms with Gasteiger partial charge in [0.2, 0.25) is 5.65 Å². The molecule has 0 N–H and O–H groups in total. The first kappa shape index (κ1) is 17.8. The fraction of sp³-hybridized carbons (Fsp3) is 0.105. The van der Waals surface area contributed by atoms with Gasteiger partial charge < -0.3 is 0 Å². The molecule has 0 amide bonds. The Bertz CT molecular complexity index is 1190. The maximum Gasteiger partial charge on any atom is 0.300 e. The Morgan fingerprint density at radius 3 is 2.67 bits per heavy atom. The number of rotatable bonds is 4. The molecule has 5 nitrogen and oxygen atoms in total. The summed E-state index contributed by atoms with van der Waals surface area (Å²) < 4.78 is 16.2. The SMILES string of the molecule is Cc1c(Cl)cccc1-n1ccn2c(SCc3ccc(F)cc3)nnc2c1=O. The monoisotopic (exact) mass is 400 g/mol. The van der Waals surface area contributed by atoms with E-state index in [-0.39, 0.29) is 17.0 Å². The van der Waals surface area contributed by atoms with E-state index in [1.54, 1.807) is 41.1 Å². The summed E-state index contributed by atoms with van der Waals surface area (Å²) in [7, 11) is 0. The normalized spacial score (nSPS) is 11.2. The van der Waals surface area contributed by atoms with E-state index in [0.29, 0.717) is 21.6 Å². The average Bonchev–Trinajstić information content (AvgIpc) is 3.08. The molecular formula is C19H14ClFN4OS. The predicted molar refractivity (Wildman–Crippen MR) is 104 cm³/mol. The Morgan fingerprint density at radius 1 is 1.11 bits per heavy atom. The third-order valence-electron chi connectivity index (χ3n) is 4.22. The van der Waals surface area contributed by atoms with Gasteiger partial charge in [0, 0.05) is 23.2 Å². The molecule has 0 radical (unpaired) electrons. The molecule has 0 atom stereocenters. The maximum atomic E-state index is 13.0. The molecule has 0 bridgehead atoms. The van der Waals surface area contributed by atoms with Crippen LogP contribution in [0.3, 0.4) is 0 Å². The van der Waals surface area contributed by atoms with Crippen LogP contribution in [0, 0.1) is 12.7 Å². The summed E-state index contributed by atoms with van der Waals surface area (Å²) in [5.41, 5.74) is 2.44. The second-order valence-corrected chi connectivity index (χ2v) is 7.30. The quantitative estimate of drug-likeness (QED) is 0.480. The molecule has 4 aromatic rings. The highest BCUT2D eigenvalue weighted by atomic mass is 35.5. The Morgan fingerprint density at radius 2 is 1.89 bits per heavy atom. The second kappa shape index (κ2) is 7.17. The van der Waals surface area contributed by atoms with E-state index in [9.17, 15) is 9.18 Å². The number of hydrogen-bond acceptors (Lipinski definition) is 4. The Kier molecular flexibility index (Phi) is 4.72. The molecule has 0 aliphatic carbocycles. The third-order valence-corrected chi connectivity index (χ3v) is 5.64. The van der Waals surface area contributed by atoms with Gasteiger partial charge >= 0.3 is 5.56 Å². The van der Waals surface area contributed by atoms with E-state index in [4.69, 9.17) is 11.6 Å². The van der Waals surface area contributed by atoms with Gasteiger partial charge in [-0.05, 0) is 42.3 Å². The maximum absolute atomic E-state index is 13.0. The lowest BCUT2D eigenvalue weighted by Gasteiger charge is -2.10. The topological polar surface area (TPSA) is 52.2 Å². The number of halogens is 2. The van der Waals surface area contributed by atoms with Crippen LogP contribution in [0.1, 0.15) is 11.1 Å². The van der Waals surface area contributed by atoms with Crippen LogP contribution in [-0.2, 0) is 5.75 Å². The minimum absolute atomic E-state index is 0.235.